The molecule has 6 heteroatoms. The average molecular weight is 384 g/mol. The number of benzene rings is 2. The predicted molar refractivity (Wildman–Crippen MR) is 106 cm³/mol. The Labute approximate surface area is 164 Å². The van der Waals surface area contributed by atoms with E-state index in [4.69, 9.17) is 11.6 Å². The number of halogens is 1. The zero-order valence-electron chi connectivity index (χ0n) is 15.1. The van der Waals surface area contributed by atoms with Crippen LogP contribution in [-0.4, -0.2) is 60.9 Å². The van der Waals surface area contributed by atoms with Gasteiger partial charge in [-0.25, -0.2) is 0 Å². The Morgan fingerprint density at radius 3 is 2.48 bits per heavy atom. The molecular weight excluding hydrogens is 362 g/mol. The highest BCUT2D eigenvalue weighted by atomic mass is 35.5. The number of para-hydroxylation sites is 1. The molecule has 2 amide bonds. The van der Waals surface area contributed by atoms with Gasteiger partial charge in [-0.15, -0.1) is 0 Å². The zero-order valence-corrected chi connectivity index (χ0v) is 15.9. The zero-order chi connectivity index (χ0) is 18.8. The van der Waals surface area contributed by atoms with Gasteiger partial charge in [0, 0.05) is 49.0 Å². The standard InChI is InChI=1S/C21H22ClN3O2/c22-18-6-3-5-17(14-18)21(27)24-12-10-23(11-13-24)15-20(26)25-9-8-16-4-1-2-7-19(16)25/h1-7,14H,8-13,15H2. The molecule has 0 unspecified atom stereocenters. The van der Waals surface area contributed by atoms with E-state index in [1.807, 2.05) is 28.0 Å². The number of amides is 2. The molecule has 2 aromatic carbocycles. The van der Waals surface area contributed by atoms with E-state index in [0.717, 1.165) is 18.7 Å². The summed E-state index contributed by atoms with van der Waals surface area (Å²) in [6.45, 7) is 3.80. The maximum Gasteiger partial charge on any atom is 0.253 e. The normalized spacial score (nSPS) is 17.1. The molecule has 0 spiro atoms. The first kappa shape index (κ1) is 18.0. The first-order chi connectivity index (χ1) is 13.1. The number of carbonyl (C=O) groups excluding carboxylic acids is 2. The third-order valence-corrected chi connectivity index (χ3v) is 5.51. The van der Waals surface area contributed by atoms with Gasteiger partial charge in [-0.3, -0.25) is 14.5 Å². The minimum atomic E-state index is -0.00283. The van der Waals surface area contributed by atoms with Gasteiger partial charge in [-0.1, -0.05) is 35.9 Å². The smallest absolute Gasteiger partial charge is 0.253 e. The first-order valence-electron chi connectivity index (χ1n) is 9.27. The maximum atomic E-state index is 12.7. The second-order valence-corrected chi connectivity index (χ2v) is 7.44. The fourth-order valence-electron chi connectivity index (χ4n) is 3.79. The molecule has 0 aromatic heterocycles. The van der Waals surface area contributed by atoms with Crippen LogP contribution in [0.5, 0.6) is 0 Å². The number of fused-ring (bicyclic) bond motifs is 1. The summed E-state index contributed by atoms with van der Waals surface area (Å²) in [5.41, 5.74) is 2.89. The summed E-state index contributed by atoms with van der Waals surface area (Å²) in [7, 11) is 0. The van der Waals surface area contributed by atoms with Crippen LogP contribution in [0, 0.1) is 0 Å². The maximum absolute atomic E-state index is 12.7. The largest absolute Gasteiger partial charge is 0.336 e. The second-order valence-electron chi connectivity index (χ2n) is 7.00. The van der Waals surface area contributed by atoms with E-state index in [2.05, 4.69) is 11.0 Å². The van der Waals surface area contributed by atoms with Gasteiger partial charge in [-0.05, 0) is 36.2 Å². The number of hydrogen-bond donors (Lipinski definition) is 0. The van der Waals surface area contributed by atoms with E-state index in [9.17, 15) is 9.59 Å². The molecule has 0 bridgehead atoms. The highest BCUT2D eigenvalue weighted by Gasteiger charge is 2.28. The van der Waals surface area contributed by atoms with E-state index >= 15 is 0 Å². The number of rotatable bonds is 3. The molecule has 0 atom stereocenters. The molecule has 2 aliphatic heterocycles. The van der Waals surface area contributed by atoms with E-state index in [1.165, 1.54) is 5.56 Å². The van der Waals surface area contributed by atoms with Crippen molar-refractivity contribution >= 4 is 29.1 Å². The van der Waals surface area contributed by atoms with Gasteiger partial charge in [0.2, 0.25) is 5.91 Å². The van der Waals surface area contributed by atoms with Gasteiger partial charge in [0.05, 0.1) is 6.54 Å². The Bertz CT molecular complexity index is 862. The summed E-state index contributed by atoms with van der Waals surface area (Å²) >= 11 is 5.99. The lowest BCUT2D eigenvalue weighted by atomic mass is 10.2. The van der Waals surface area contributed by atoms with Crippen LogP contribution in [0.15, 0.2) is 48.5 Å². The van der Waals surface area contributed by atoms with Crippen molar-refractivity contribution in [2.45, 2.75) is 6.42 Å². The van der Waals surface area contributed by atoms with Crippen molar-refractivity contribution in [1.82, 2.24) is 9.80 Å². The van der Waals surface area contributed by atoms with Crippen molar-refractivity contribution in [2.24, 2.45) is 0 Å². The summed E-state index contributed by atoms with van der Waals surface area (Å²) in [6.07, 6.45) is 0.920. The Balaban J connectivity index is 1.32. The molecule has 5 nitrogen and oxygen atoms in total. The summed E-state index contributed by atoms with van der Waals surface area (Å²) < 4.78 is 0. The summed E-state index contributed by atoms with van der Waals surface area (Å²) in [5.74, 6) is 0.131. The van der Waals surface area contributed by atoms with E-state index in [0.29, 0.717) is 43.3 Å². The van der Waals surface area contributed by atoms with Crippen LogP contribution in [0.1, 0.15) is 15.9 Å². The van der Waals surface area contributed by atoms with Crippen LogP contribution in [-0.2, 0) is 11.2 Å². The van der Waals surface area contributed by atoms with Crippen LogP contribution < -0.4 is 4.90 Å². The molecule has 0 N–H and O–H groups in total. The number of carbonyl (C=O) groups is 2. The van der Waals surface area contributed by atoms with Gasteiger partial charge in [0.25, 0.3) is 5.91 Å². The SMILES string of the molecule is O=C(c1cccc(Cl)c1)N1CCN(CC(=O)N2CCc3ccccc32)CC1. The fraction of sp³-hybridized carbons (Fsp3) is 0.333. The van der Waals surface area contributed by atoms with E-state index in [1.54, 1.807) is 24.3 Å². The molecule has 0 radical (unpaired) electrons. The van der Waals surface area contributed by atoms with Crippen LogP contribution in [0.2, 0.25) is 5.02 Å². The molecule has 2 heterocycles. The Morgan fingerprint density at radius 1 is 0.926 bits per heavy atom. The van der Waals surface area contributed by atoms with Crippen LogP contribution >= 0.6 is 11.6 Å². The Morgan fingerprint density at radius 2 is 1.70 bits per heavy atom. The van der Waals surface area contributed by atoms with Gasteiger partial charge < -0.3 is 9.80 Å². The highest BCUT2D eigenvalue weighted by molar-refractivity contribution is 6.30. The second kappa shape index (κ2) is 7.71. The summed E-state index contributed by atoms with van der Waals surface area (Å²) in [6, 6.07) is 15.1. The topological polar surface area (TPSA) is 43.9 Å². The molecule has 4 rings (SSSR count). The van der Waals surface area contributed by atoms with Crippen molar-refractivity contribution < 1.29 is 9.59 Å². The highest BCUT2D eigenvalue weighted by Crippen LogP contribution is 2.27. The monoisotopic (exact) mass is 383 g/mol. The Hall–Kier alpha value is -2.37. The quantitative estimate of drug-likeness (QED) is 0.818. The van der Waals surface area contributed by atoms with Crippen molar-refractivity contribution in [1.29, 1.82) is 0 Å². The van der Waals surface area contributed by atoms with Crippen molar-refractivity contribution in [3.63, 3.8) is 0 Å². The average Bonchev–Trinajstić information content (AvgIpc) is 3.12. The van der Waals surface area contributed by atoms with Crippen molar-refractivity contribution in [3.05, 3.63) is 64.7 Å². The van der Waals surface area contributed by atoms with Crippen LogP contribution in [0.4, 0.5) is 5.69 Å². The van der Waals surface area contributed by atoms with Gasteiger partial charge in [0.15, 0.2) is 0 Å². The van der Waals surface area contributed by atoms with E-state index < -0.39 is 0 Å². The van der Waals surface area contributed by atoms with Gasteiger partial charge >= 0.3 is 0 Å². The lowest BCUT2D eigenvalue weighted by molar-refractivity contribution is -0.120. The predicted octanol–water partition coefficient (Wildman–Crippen LogP) is 2.69. The van der Waals surface area contributed by atoms with Gasteiger partial charge in [0.1, 0.15) is 0 Å². The van der Waals surface area contributed by atoms with Crippen LogP contribution in [0.25, 0.3) is 0 Å². The van der Waals surface area contributed by atoms with Crippen molar-refractivity contribution in [3.8, 4) is 0 Å². The number of anilines is 1. The van der Waals surface area contributed by atoms with E-state index in [-0.39, 0.29) is 11.8 Å². The molecule has 1 saturated heterocycles. The molecular formula is C21H22ClN3O2. The molecule has 27 heavy (non-hydrogen) atoms. The fourth-order valence-corrected chi connectivity index (χ4v) is 3.98. The number of nitrogens with zero attached hydrogens (tertiary/aromatic N) is 3. The van der Waals surface area contributed by atoms with Gasteiger partial charge in [-0.2, -0.15) is 0 Å². The first-order valence-corrected chi connectivity index (χ1v) is 9.65. The molecule has 2 aliphatic rings. The molecule has 0 saturated carbocycles. The number of piperazine rings is 1. The molecule has 2 aromatic rings. The molecule has 0 aliphatic carbocycles. The Kier molecular flexibility index (Phi) is 5.14. The third-order valence-electron chi connectivity index (χ3n) is 5.28. The lowest BCUT2D eigenvalue weighted by Gasteiger charge is -2.35. The summed E-state index contributed by atoms with van der Waals surface area (Å²) in [5, 5.41) is 0.566. The van der Waals surface area contributed by atoms with Crippen molar-refractivity contribution in [2.75, 3.05) is 44.2 Å². The summed E-state index contributed by atoms with van der Waals surface area (Å²) in [4.78, 5) is 31.2. The third kappa shape index (κ3) is 3.84. The molecule has 140 valence electrons. The molecule has 1 fully saturated rings. The minimum absolute atomic E-state index is 0.00283. The number of hydrogen-bond acceptors (Lipinski definition) is 3. The van der Waals surface area contributed by atoms with Crippen LogP contribution in [0.3, 0.4) is 0 Å². The minimum Gasteiger partial charge on any atom is -0.336 e. The lowest BCUT2D eigenvalue weighted by Crippen LogP contribution is -2.51.